The Morgan fingerprint density at radius 1 is 1.35 bits per heavy atom. The highest BCUT2D eigenvalue weighted by molar-refractivity contribution is 6.00. The fourth-order valence-corrected chi connectivity index (χ4v) is 5.24. The highest BCUT2D eigenvalue weighted by Gasteiger charge is 2.29. The number of methoxy groups -OCH3 is 1. The number of hydrogen-bond acceptors (Lipinski definition) is 5. The van der Waals surface area contributed by atoms with Crippen LogP contribution in [0, 0.1) is 5.92 Å². The van der Waals surface area contributed by atoms with E-state index in [4.69, 9.17) is 15.5 Å². The van der Waals surface area contributed by atoms with Crippen molar-refractivity contribution in [1.29, 1.82) is 0 Å². The Morgan fingerprint density at radius 3 is 2.97 bits per heavy atom. The zero-order valence-electron chi connectivity index (χ0n) is 19.6. The van der Waals surface area contributed by atoms with E-state index in [0.29, 0.717) is 42.8 Å². The predicted octanol–water partition coefficient (Wildman–Crippen LogP) is 3.61. The number of piperidine rings is 1. The Morgan fingerprint density at radius 2 is 2.21 bits per heavy atom. The molecule has 1 aliphatic carbocycles. The van der Waals surface area contributed by atoms with Crippen LogP contribution in [0.15, 0.2) is 30.5 Å². The van der Waals surface area contributed by atoms with Crippen LogP contribution in [0.1, 0.15) is 46.7 Å². The lowest BCUT2D eigenvalue weighted by Gasteiger charge is -2.30. The van der Waals surface area contributed by atoms with Crippen molar-refractivity contribution >= 4 is 28.6 Å². The molecule has 34 heavy (non-hydrogen) atoms. The summed E-state index contributed by atoms with van der Waals surface area (Å²) in [6.45, 7) is 0.845. The molecule has 2 aliphatic rings. The lowest BCUT2D eigenvalue weighted by atomic mass is 9.83. The summed E-state index contributed by atoms with van der Waals surface area (Å²) in [5.41, 5.74) is 11.1. The van der Waals surface area contributed by atoms with Gasteiger partial charge in [0, 0.05) is 43.6 Å². The van der Waals surface area contributed by atoms with Gasteiger partial charge in [0.1, 0.15) is 17.1 Å². The van der Waals surface area contributed by atoms with Crippen molar-refractivity contribution in [2.24, 2.45) is 18.7 Å². The quantitative estimate of drug-likeness (QED) is 0.625. The highest BCUT2D eigenvalue weighted by Crippen LogP contribution is 2.38. The number of ether oxygens (including phenoxy) is 1. The molecular formula is C26H30FN5O2. The minimum Gasteiger partial charge on any atom is -0.494 e. The SMILES string of the molecule is COc1cc(C(=O)N2CCC[C@@H](N)C2)cc2nc(C3=Cc4cccnc4CC3CCF)n(C)c12. The van der Waals surface area contributed by atoms with Crippen molar-refractivity contribution in [2.45, 2.75) is 31.7 Å². The number of alkyl halides is 1. The number of aromatic nitrogens is 3. The van der Waals surface area contributed by atoms with Crippen molar-refractivity contribution in [3.05, 3.63) is 53.1 Å². The summed E-state index contributed by atoms with van der Waals surface area (Å²) in [4.78, 5) is 24.5. The van der Waals surface area contributed by atoms with Gasteiger partial charge in [0.15, 0.2) is 0 Å². The molecule has 2 aromatic heterocycles. The molecule has 3 aromatic rings. The van der Waals surface area contributed by atoms with Crippen LogP contribution in [0.4, 0.5) is 4.39 Å². The normalized spacial score (nSPS) is 20.2. The Labute approximate surface area is 198 Å². The number of rotatable bonds is 5. The Hall–Kier alpha value is -3.26. The van der Waals surface area contributed by atoms with Gasteiger partial charge in [-0.05, 0) is 67.0 Å². The number of carbonyl (C=O) groups excluding carboxylic acids is 1. The maximum absolute atomic E-state index is 13.5. The molecule has 1 fully saturated rings. The molecular weight excluding hydrogens is 433 g/mol. The number of imidazole rings is 1. The molecule has 7 nitrogen and oxygen atoms in total. The summed E-state index contributed by atoms with van der Waals surface area (Å²) >= 11 is 0. The second kappa shape index (κ2) is 9.18. The van der Waals surface area contributed by atoms with Gasteiger partial charge in [0.05, 0.1) is 19.3 Å². The van der Waals surface area contributed by atoms with Gasteiger partial charge in [-0.2, -0.15) is 0 Å². The molecule has 0 saturated carbocycles. The van der Waals surface area contributed by atoms with E-state index in [1.807, 2.05) is 34.7 Å². The van der Waals surface area contributed by atoms with E-state index in [-0.39, 0.29) is 17.9 Å². The van der Waals surface area contributed by atoms with E-state index in [2.05, 4.69) is 11.1 Å². The topological polar surface area (TPSA) is 86.3 Å². The molecule has 0 spiro atoms. The van der Waals surface area contributed by atoms with Gasteiger partial charge in [-0.25, -0.2) is 4.98 Å². The fourth-order valence-electron chi connectivity index (χ4n) is 5.24. The second-order valence-electron chi connectivity index (χ2n) is 9.21. The van der Waals surface area contributed by atoms with Crippen LogP contribution in [0.3, 0.4) is 0 Å². The summed E-state index contributed by atoms with van der Waals surface area (Å²) in [5.74, 6) is 1.26. The average Bonchev–Trinajstić information content (AvgIpc) is 3.19. The van der Waals surface area contributed by atoms with E-state index in [1.54, 1.807) is 19.4 Å². The van der Waals surface area contributed by atoms with Crippen LogP contribution >= 0.6 is 0 Å². The first-order chi connectivity index (χ1) is 16.5. The number of likely N-dealkylation sites (tertiary alicyclic amines) is 1. The molecule has 8 heteroatoms. The number of pyridine rings is 1. The average molecular weight is 464 g/mol. The molecule has 2 atom stereocenters. The minimum absolute atomic E-state index is 0.00724. The van der Waals surface area contributed by atoms with Crippen molar-refractivity contribution in [1.82, 2.24) is 19.4 Å². The van der Waals surface area contributed by atoms with Gasteiger partial charge in [-0.1, -0.05) is 6.07 Å². The predicted molar refractivity (Wildman–Crippen MR) is 130 cm³/mol. The smallest absolute Gasteiger partial charge is 0.254 e. The largest absolute Gasteiger partial charge is 0.494 e. The van der Waals surface area contributed by atoms with E-state index < -0.39 is 6.67 Å². The van der Waals surface area contributed by atoms with Gasteiger partial charge < -0.3 is 19.9 Å². The molecule has 0 bridgehead atoms. The molecule has 1 aromatic carbocycles. The van der Waals surface area contributed by atoms with Crippen LogP contribution < -0.4 is 10.5 Å². The summed E-state index contributed by atoms with van der Waals surface area (Å²) in [7, 11) is 3.53. The molecule has 2 N–H and O–H groups in total. The van der Waals surface area contributed by atoms with Gasteiger partial charge in [0.2, 0.25) is 0 Å². The number of hydrogen-bond donors (Lipinski definition) is 1. The van der Waals surface area contributed by atoms with Gasteiger partial charge in [-0.3, -0.25) is 14.2 Å². The van der Waals surface area contributed by atoms with Crippen molar-refractivity contribution in [3.8, 4) is 5.75 Å². The number of amides is 1. The standard InChI is InChI=1S/C26H30FN5O2/c1-31-24-22(13-18(14-23(24)34-2)26(33)32-10-4-6-19(28)15-32)30-25(31)20-11-17-5-3-9-29-21(17)12-16(20)7-8-27/h3,5,9,11,13-14,16,19H,4,6-8,10,12,15,28H2,1-2H3/t16?,19-/m1/s1. The van der Waals surface area contributed by atoms with Crippen LogP contribution in [-0.4, -0.2) is 58.3 Å². The molecule has 1 amide bonds. The molecule has 178 valence electrons. The maximum atomic E-state index is 13.5. The molecule has 3 heterocycles. The number of allylic oxidation sites excluding steroid dienone is 1. The lowest BCUT2D eigenvalue weighted by Crippen LogP contribution is -2.45. The van der Waals surface area contributed by atoms with E-state index in [1.165, 1.54) is 0 Å². The first-order valence-electron chi connectivity index (χ1n) is 11.8. The number of benzene rings is 1. The van der Waals surface area contributed by atoms with Crippen LogP contribution in [0.5, 0.6) is 5.75 Å². The molecule has 1 unspecified atom stereocenters. The van der Waals surface area contributed by atoms with Gasteiger partial charge in [0.25, 0.3) is 5.91 Å². The Bertz CT molecular complexity index is 1270. The highest BCUT2D eigenvalue weighted by atomic mass is 19.1. The maximum Gasteiger partial charge on any atom is 0.254 e. The monoisotopic (exact) mass is 463 g/mol. The number of nitrogens with two attached hydrogens (primary N) is 1. The first-order valence-corrected chi connectivity index (χ1v) is 11.8. The minimum atomic E-state index is -0.409. The number of halogens is 1. The van der Waals surface area contributed by atoms with E-state index in [9.17, 15) is 9.18 Å². The Balaban J connectivity index is 1.60. The summed E-state index contributed by atoms with van der Waals surface area (Å²) < 4.78 is 21.1. The van der Waals surface area contributed by atoms with Crippen molar-refractivity contribution in [2.75, 3.05) is 26.9 Å². The third-order valence-corrected chi connectivity index (χ3v) is 6.98. The van der Waals surface area contributed by atoms with Crippen LogP contribution in [0.2, 0.25) is 0 Å². The first kappa shape index (κ1) is 22.5. The molecule has 0 radical (unpaired) electrons. The number of aryl methyl sites for hydroxylation is 1. The number of nitrogens with zero attached hydrogens (tertiary/aromatic N) is 4. The van der Waals surface area contributed by atoms with Crippen LogP contribution in [-0.2, 0) is 13.5 Å². The molecule has 5 rings (SSSR count). The molecule has 1 aliphatic heterocycles. The fraction of sp³-hybridized carbons (Fsp3) is 0.423. The summed E-state index contributed by atoms with van der Waals surface area (Å²) in [6.07, 6.45) is 6.76. The summed E-state index contributed by atoms with van der Waals surface area (Å²) in [6, 6.07) is 7.55. The zero-order chi connectivity index (χ0) is 23.8. The van der Waals surface area contributed by atoms with Gasteiger partial charge in [-0.15, -0.1) is 0 Å². The van der Waals surface area contributed by atoms with Gasteiger partial charge >= 0.3 is 0 Å². The third-order valence-electron chi connectivity index (χ3n) is 6.98. The number of fused-ring (bicyclic) bond motifs is 2. The molecule has 1 saturated heterocycles. The van der Waals surface area contributed by atoms with Crippen LogP contribution in [0.25, 0.3) is 22.7 Å². The lowest BCUT2D eigenvalue weighted by molar-refractivity contribution is 0.0708. The third kappa shape index (κ3) is 3.96. The van der Waals surface area contributed by atoms with Crippen molar-refractivity contribution in [3.63, 3.8) is 0 Å². The van der Waals surface area contributed by atoms with E-state index >= 15 is 0 Å². The summed E-state index contributed by atoms with van der Waals surface area (Å²) in [5, 5.41) is 0. The van der Waals surface area contributed by atoms with Crippen molar-refractivity contribution < 1.29 is 13.9 Å². The Kier molecular flexibility index (Phi) is 6.08. The zero-order valence-corrected chi connectivity index (χ0v) is 19.6. The second-order valence-corrected chi connectivity index (χ2v) is 9.21. The number of carbonyl (C=O) groups is 1. The van der Waals surface area contributed by atoms with E-state index in [0.717, 1.165) is 41.0 Å².